The molecule has 49 heavy (non-hydrogen) atoms. The molecule has 12 nitrogen and oxygen atoms in total. The molecule has 0 bridgehead atoms. The van der Waals surface area contributed by atoms with Crippen molar-refractivity contribution in [3.8, 4) is 34.1 Å². The van der Waals surface area contributed by atoms with Crippen molar-refractivity contribution in [2.45, 2.75) is 50.4 Å². The molecule has 1 saturated heterocycles. The van der Waals surface area contributed by atoms with Gasteiger partial charge >= 0.3 is 0 Å². The molecule has 14 heteroatoms. The fourth-order valence-electron chi connectivity index (χ4n) is 5.63. The lowest BCUT2D eigenvalue weighted by Crippen LogP contribution is -2.35. The van der Waals surface area contributed by atoms with Gasteiger partial charge in [-0.15, -0.1) is 0 Å². The van der Waals surface area contributed by atoms with E-state index in [0.717, 1.165) is 30.4 Å². The SMILES string of the molecule is COc1cc(C(=O)Nc2cccc(-c3nccc(-c4ccc(CNC[C@@H]5CCC(=O)N5)c(OC)n4)c3Cl)c2Cl)ncc1CNCC1(O)CC1. The average molecular weight is 707 g/mol. The normalized spacial score (nSPS) is 16.3. The van der Waals surface area contributed by atoms with Crippen molar-refractivity contribution in [1.82, 2.24) is 30.9 Å². The second-order valence-corrected chi connectivity index (χ2v) is 12.9. The van der Waals surface area contributed by atoms with Gasteiger partial charge in [-0.25, -0.2) is 4.98 Å². The third-order valence-electron chi connectivity index (χ3n) is 8.58. The maximum absolute atomic E-state index is 13.3. The molecule has 3 aromatic heterocycles. The number of amides is 2. The number of rotatable bonds is 14. The van der Waals surface area contributed by atoms with Crippen LogP contribution in [0.3, 0.4) is 0 Å². The molecule has 1 atom stereocenters. The summed E-state index contributed by atoms with van der Waals surface area (Å²) in [6, 6.07) is 12.4. The highest BCUT2D eigenvalue weighted by Gasteiger charge is 2.39. The smallest absolute Gasteiger partial charge is 0.274 e. The quantitative estimate of drug-likeness (QED) is 0.124. The van der Waals surface area contributed by atoms with Crippen LogP contribution in [-0.2, 0) is 17.9 Å². The number of benzene rings is 1. The van der Waals surface area contributed by atoms with Crippen molar-refractivity contribution in [1.29, 1.82) is 0 Å². The zero-order valence-electron chi connectivity index (χ0n) is 27.1. The van der Waals surface area contributed by atoms with Gasteiger partial charge in [-0.2, -0.15) is 0 Å². The zero-order valence-corrected chi connectivity index (χ0v) is 28.6. The molecule has 1 saturated carbocycles. The number of pyridine rings is 3. The van der Waals surface area contributed by atoms with Gasteiger partial charge in [0.1, 0.15) is 11.4 Å². The highest BCUT2D eigenvalue weighted by Crippen LogP contribution is 2.40. The lowest BCUT2D eigenvalue weighted by molar-refractivity contribution is -0.119. The monoisotopic (exact) mass is 705 g/mol. The van der Waals surface area contributed by atoms with Gasteiger partial charge in [0.25, 0.3) is 5.91 Å². The first-order valence-electron chi connectivity index (χ1n) is 15.9. The first-order valence-corrected chi connectivity index (χ1v) is 16.7. The molecule has 0 spiro atoms. The fourth-order valence-corrected chi connectivity index (χ4v) is 6.21. The Bertz CT molecular complexity index is 1870. The number of nitrogens with zero attached hydrogens (tertiary/aromatic N) is 3. The topological polar surface area (TPSA) is 160 Å². The summed E-state index contributed by atoms with van der Waals surface area (Å²) in [4.78, 5) is 38.3. The molecule has 1 aliphatic heterocycles. The molecule has 2 amide bonds. The Balaban J connectivity index is 1.17. The van der Waals surface area contributed by atoms with E-state index in [2.05, 4.69) is 31.2 Å². The second-order valence-electron chi connectivity index (χ2n) is 12.2. The van der Waals surface area contributed by atoms with Gasteiger partial charge in [0, 0.05) is 79.4 Å². The Kier molecular flexibility index (Phi) is 10.6. The fraction of sp³-hybridized carbons (Fsp3) is 0.343. The number of carbonyl (C=O) groups excluding carboxylic acids is 2. The van der Waals surface area contributed by atoms with Gasteiger partial charge in [-0.3, -0.25) is 19.6 Å². The molecule has 6 rings (SSSR count). The van der Waals surface area contributed by atoms with E-state index in [9.17, 15) is 14.7 Å². The molecule has 256 valence electrons. The van der Waals surface area contributed by atoms with E-state index in [4.69, 9.17) is 37.7 Å². The molecular weight excluding hydrogens is 669 g/mol. The molecule has 1 aromatic carbocycles. The number of anilines is 1. The van der Waals surface area contributed by atoms with Crippen LogP contribution in [0.5, 0.6) is 11.6 Å². The average Bonchev–Trinajstić information content (AvgIpc) is 3.70. The first-order chi connectivity index (χ1) is 23.7. The first kappa shape index (κ1) is 34.5. The highest BCUT2D eigenvalue weighted by atomic mass is 35.5. The number of halogens is 2. The Hall–Kier alpha value is -4.33. The summed E-state index contributed by atoms with van der Waals surface area (Å²) in [5.74, 6) is 0.549. The van der Waals surface area contributed by atoms with E-state index in [0.29, 0.717) is 77.5 Å². The third-order valence-corrected chi connectivity index (χ3v) is 9.37. The molecule has 0 radical (unpaired) electrons. The minimum Gasteiger partial charge on any atom is -0.496 e. The Morgan fingerprint density at radius 3 is 2.57 bits per heavy atom. The van der Waals surface area contributed by atoms with Gasteiger partial charge < -0.3 is 35.8 Å². The van der Waals surface area contributed by atoms with Crippen molar-refractivity contribution in [3.05, 3.63) is 81.7 Å². The van der Waals surface area contributed by atoms with Crippen molar-refractivity contribution in [2.24, 2.45) is 0 Å². The molecule has 4 heterocycles. The largest absolute Gasteiger partial charge is 0.496 e. The molecule has 5 N–H and O–H groups in total. The van der Waals surface area contributed by atoms with Gasteiger partial charge in [-0.05, 0) is 37.5 Å². The van der Waals surface area contributed by atoms with Crippen molar-refractivity contribution < 1.29 is 24.2 Å². The molecule has 1 aliphatic carbocycles. The summed E-state index contributed by atoms with van der Waals surface area (Å²) in [6.45, 7) is 2.08. The zero-order chi connectivity index (χ0) is 34.5. The number of ether oxygens (including phenoxy) is 2. The molecular formula is C35H37Cl2N7O5. The van der Waals surface area contributed by atoms with E-state index in [1.54, 1.807) is 49.8 Å². The van der Waals surface area contributed by atoms with Crippen LogP contribution < -0.4 is 30.7 Å². The van der Waals surface area contributed by atoms with Crippen LogP contribution in [0, 0.1) is 0 Å². The van der Waals surface area contributed by atoms with Crippen LogP contribution in [-0.4, -0.2) is 70.8 Å². The van der Waals surface area contributed by atoms with E-state index in [1.807, 2.05) is 12.1 Å². The van der Waals surface area contributed by atoms with Gasteiger partial charge in [0.2, 0.25) is 11.8 Å². The van der Waals surface area contributed by atoms with Crippen LogP contribution in [0.15, 0.2) is 54.9 Å². The van der Waals surface area contributed by atoms with Crippen molar-refractivity contribution >= 4 is 40.7 Å². The number of methoxy groups -OCH3 is 2. The lowest BCUT2D eigenvalue weighted by Gasteiger charge is -2.15. The van der Waals surface area contributed by atoms with Crippen LogP contribution in [0.2, 0.25) is 10.0 Å². The number of nitrogens with one attached hydrogen (secondary N) is 4. The van der Waals surface area contributed by atoms with Gasteiger partial charge in [0.05, 0.1) is 46.9 Å². The molecule has 2 fully saturated rings. The Morgan fingerprint density at radius 2 is 1.84 bits per heavy atom. The predicted molar refractivity (Wildman–Crippen MR) is 187 cm³/mol. The Morgan fingerprint density at radius 1 is 1.02 bits per heavy atom. The summed E-state index contributed by atoms with van der Waals surface area (Å²) in [5, 5.41) is 23.0. The summed E-state index contributed by atoms with van der Waals surface area (Å²) < 4.78 is 11.1. The summed E-state index contributed by atoms with van der Waals surface area (Å²) in [5.41, 5.74) is 3.63. The van der Waals surface area contributed by atoms with E-state index in [-0.39, 0.29) is 22.7 Å². The van der Waals surface area contributed by atoms with Crippen LogP contribution in [0.1, 0.15) is 47.3 Å². The standard InChI is InChI=1S/C35H37Cl2N7O5/c1-48-28-14-27(41-17-21(28)16-39-19-35(47)11-12-35)33(46)43-26-5-3-4-24(30(26)36)32-31(37)23(10-13-40-32)25-8-6-20(34(44-25)49-2)15-38-18-22-7-9-29(45)42-22/h3-6,8,10,13-14,17,22,38-39,47H,7,9,11-12,15-16,18-19H2,1-2H3,(H,42,45)(H,43,46)/t22-/m0/s1. The molecule has 2 aliphatic rings. The third kappa shape index (κ3) is 8.11. The summed E-state index contributed by atoms with van der Waals surface area (Å²) in [6.07, 6.45) is 6.14. The Labute approximate surface area is 294 Å². The van der Waals surface area contributed by atoms with Gasteiger partial charge in [-0.1, -0.05) is 41.4 Å². The minimum absolute atomic E-state index is 0.0804. The number of hydrogen-bond acceptors (Lipinski definition) is 10. The van der Waals surface area contributed by atoms with Crippen LogP contribution in [0.4, 0.5) is 5.69 Å². The maximum Gasteiger partial charge on any atom is 0.274 e. The van der Waals surface area contributed by atoms with E-state index < -0.39 is 11.5 Å². The van der Waals surface area contributed by atoms with Crippen LogP contribution in [0.25, 0.3) is 22.5 Å². The summed E-state index contributed by atoms with van der Waals surface area (Å²) in [7, 11) is 3.09. The molecule has 4 aromatic rings. The molecule has 0 unspecified atom stereocenters. The number of hydrogen-bond donors (Lipinski definition) is 5. The maximum atomic E-state index is 13.3. The number of aromatic nitrogens is 3. The van der Waals surface area contributed by atoms with E-state index in [1.165, 1.54) is 7.11 Å². The number of carbonyl (C=O) groups is 2. The van der Waals surface area contributed by atoms with Crippen molar-refractivity contribution in [3.63, 3.8) is 0 Å². The minimum atomic E-state index is -0.624. The second kappa shape index (κ2) is 15.1. The predicted octanol–water partition coefficient (Wildman–Crippen LogP) is 4.76. The number of aliphatic hydroxyl groups is 1. The van der Waals surface area contributed by atoms with Crippen LogP contribution >= 0.6 is 23.2 Å². The highest BCUT2D eigenvalue weighted by molar-refractivity contribution is 6.39. The summed E-state index contributed by atoms with van der Waals surface area (Å²) >= 11 is 13.8. The van der Waals surface area contributed by atoms with E-state index >= 15 is 0 Å². The lowest BCUT2D eigenvalue weighted by atomic mass is 10.1. The van der Waals surface area contributed by atoms with Gasteiger partial charge in [0.15, 0.2) is 0 Å². The van der Waals surface area contributed by atoms with Crippen molar-refractivity contribution in [2.75, 3.05) is 32.6 Å².